The number of thioether (sulfide) groups is 1. The summed E-state index contributed by atoms with van der Waals surface area (Å²) in [6.07, 6.45) is 1.72. The smallest absolute Gasteiger partial charge is 0.269 e. The van der Waals surface area contributed by atoms with E-state index in [0.29, 0.717) is 11.6 Å². The summed E-state index contributed by atoms with van der Waals surface area (Å²) in [7, 11) is 1.77. The van der Waals surface area contributed by atoms with Crippen LogP contribution in [-0.4, -0.2) is 26.4 Å². The first-order valence-electron chi connectivity index (χ1n) is 6.24. The molecule has 0 saturated heterocycles. The number of aryl methyl sites for hydroxylation is 1. The minimum Gasteiger partial charge on any atom is -0.310 e. The van der Waals surface area contributed by atoms with Gasteiger partial charge in [-0.15, -0.1) is 11.8 Å². The molecular weight excluding hydrogens is 292 g/mol. The first-order chi connectivity index (χ1) is 10.1. The molecule has 21 heavy (non-hydrogen) atoms. The average molecular weight is 304 g/mol. The lowest BCUT2D eigenvalue weighted by molar-refractivity contribution is -0.384. The maximum absolute atomic E-state index is 11.8. The molecule has 0 radical (unpaired) electrons. The number of aromatic nitrogens is 2. The second-order valence-corrected chi connectivity index (χ2v) is 5.75. The van der Waals surface area contributed by atoms with Crippen molar-refractivity contribution < 1.29 is 9.72 Å². The van der Waals surface area contributed by atoms with Gasteiger partial charge in [0.1, 0.15) is 5.82 Å². The van der Waals surface area contributed by atoms with Gasteiger partial charge in [-0.3, -0.25) is 19.6 Å². The normalized spacial score (nSPS) is 17.8. The van der Waals surface area contributed by atoms with Crippen molar-refractivity contribution in [2.75, 3.05) is 11.1 Å². The van der Waals surface area contributed by atoms with E-state index >= 15 is 0 Å². The van der Waals surface area contributed by atoms with E-state index < -0.39 is 4.92 Å². The summed E-state index contributed by atoms with van der Waals surface area (Å²) in [5.74, 6) is 0.929. The van der Waals surface area contributed by atoms with Crippen LogP contribution in [0.4, 0.5) is 11.5 Å². The Labute approximate surface area is 124 Å². The van der Waals surface area contributed by atoms with Crippen LogP contribution in [0, 0.1) is 10.1 Å². The maximum Gasteiger partial charge on any atom is 0.269 e. The van der Waals surface area contributed by atoms with Crippen LogP contribution in [0.15, 0.2) is 30.5 Å². The van der Waals surface area contributed by atoms with Gasteiger partial charge in [0, 0.05) is 24.7 Å². The minimum absolute atomic E-state index is 0.0537. The summed E-state index contributed by atoms with van der Waals surface area (Å²) in [4.78, 5) is 22.0. The molecule has 3 rings (SSSR count). The predicted molar refractivity (Wildman–Crippen MR) is 79.2 cm³/mol. The van der Waals surface area contributed by atoms with Crippen molar-refractivity contribution in [2.24, 2.45) is 7.05 Å². The third kappa shape index (κ3) is 2.49. The van der Waals surface area contributed by atoms with Crippen molar-refractivity contribution in [2.45, 2.75) is 5.25 Å². The van der Waals surface area contributed by atoms with E-state index in [-0.39, 0.29) is 16.8 Å². The molecular formula is C13H12N4O3S. The number of hydrogen-bond acceptors (Lipinski definition) is 5. The van der Waals surface area contributed by atoms with E-state index in [2.05, 4.69) is 10.4 Å². The molecule has 2 heterocycles. The molecule has 1 atom stereocenters. The van der Waals surface area contributed by atoms with Gasteiger partial charge in [0.15, 0.2) is 0 Å². The number of benzene rings is 1. The molecule has 2 aromatic rings. The van der Waals surface area contributed by atoms with Gasteiger partial charge >= 0.3 is 0 Å². The molecule has 0 saturated carbocycles. The number of fused-ring (bicyclic) bond motifs is 1. The van der Waals surface area contributed by atoms with Crippen LogP contribution in [0.2, 0.25) is 0 Å². The Hall–Kier alpha value is -2.35. The molecule has 1 amide bonds. The van der Waals surface area contributed by atoms with E-state index in [0.717, 1.165) is 11.1 Å². The maximum atomic E-state index is 11.8. The molecule has 0 spiro atoms. The number of anilines is 1. The topological polar surface area (TPSA) is 90.1 Å². The van der Waals surface area contributed by atoms with E-state index in [1.165, 1.54) is 23.9 Å². The second kappa shape index (κ2) is 5.21. The van der Waals surface area contributed by atoms with Crippen LogP contribution in [0.5, 0.6) is 0 Å². The average Bonchev–Trinajstić information content (AvgIpc) is 2.72. The Morgan fingerprint density at radius 1 is 1.43 bits per heavy atom. The fourth-order valence-electron chi connectivity index (χ4n) is 2.26. The van der Waals surface area contributed by atoms with Crippen molar-refractivity contribution in [1.82, 2.24) is 9.78 Å². The number of nitrogens with zero attached hydrogens (tertiary/aromatic N) is 3. The standard InChI is InChI=1S/C13H12N4O3S/c1-16-13-10(6-14-16)12(21-7-11(18)15-13)8-2-4-9(5-3-8)17(19)20/h2-6,12H,7H2,1H3,(H,15,18). The summed E-state index contributed by atoms with van der Waals surface area (Å²) in [6, 6.07) is 6.41. The molecule has 1 aliphatic heterocycles. The van der Waals surface area contributed by atoms with Crippen LogP contribution in [0.1, 0.15) is 16.4 Å². The summed E-state index contributed by atoms with van der Waals surface area (Å²) in [5, 5.41) is 17.7. The Kier molecular flexibility index (Phi) is 3.38. The number of hydrogen-bond donors (Lipinski definition) is 1. The molecule has 108 valence electrons. The molecule has 0 aliphatic carbocycles. The summed E-state index contributed by atoms with van der Waals surface area (Å²) in [5.41, 5.74) is 1.87. The highest BCUT2D eigenvalue weighted by Crippen LogP contribution is 2.41. The predicted octanol–water partition coefficient (Wildman–Crippen LogP) is 2.10. The molecule has 8 heteroatoms. The molecule has 0 bridgehead atoms. The zero-order chi connectivity index (χ0) is 15.0. The SMILES string of the molecule is Cn1ncc2c1NC(=O)CSC2c1ccc([N+](=O)[O-])cc1. The fraction of sp³-hybridized carbons (Fsp3) is 0.231. The van der Waals surface area contributed by atoms with Crippen LogP contribution in [0.3, 0.4) is 0 Å². The Morgan fingerprint density at radius 2 is 2.14 bits per heavy atom. The molecule has 1 aliphatic rings. The van der Waals surface area contributed by atoms with E-state index in [9.17, 15) is 14.9 Å². The lowest BCUT2D eigenvalue weighted by atomic mass is 10.1. The molecule has 1 aromatic carbocycles. The van der Waals surface area contributed by atoms with E-state index in [4.69, 9.17) is 0 Å². The summed E-state index contributed by atoms with van der Waals surface area (Å²) in [6.45, 7) is 0. The first-order valence-corrected chi connectivity index (χ1v) is 7.29. The zero-order valence-electron chi connectivity index (χ0n) is 11.1. The summed E-state index contributed by atoms with van der Waals surface area (Å²) < 4.78 is 1.62. The Morgan fingerprint density at radius 3 is 2.81 bits per heavy atom. The number of nitro benzene ring substituents is 1. The van der Waals surface area contributed by atoms with Gasteiger partial charge in [0.2, 0.25) is 5.91 Å². The third-order valence-corrected chi connectivity index (χ3v) is 4.58. The van der Waals surface area contributed by atoms with Gasteiger partial charge in [-0.1, -0.05) is 12.1 Å². The van der Waals surface area contributed by atoms with Crippen molar-refractivity contribution in [3.8, 4) is 0 Å². The van der Waals surface area contributed by atoms with Gasteiger partial charge in [-0.2, -0.15) is 5.10 Å². The van der Waals surface area contributed by atoms with Gasteiger partial charge in [0.25, 0.3) is 5.69 Å². The van der Waals surface area contributed by atoms with E-state index in [1.807, 2.05) is 0 Å². The number of nitro groups is 1. The lowest BCUT2D eigenvalue weighted by Crippen LogP contribution is -2.15. The molecule has 0 fully saturated rings. The monoisotopic (exact) mass is 304 g/mol. The van der Waals surface area contributed by atoms with Crippen molar-refractivity contribution in [1.29, 1.82) is 0 Å². The van der Waals surface area contributed by atoms with Crippen molar-refractivity contribution in [3.63, 3.8) is 0 Å². The molecule has 1 unspecified atom stereocenters. The number of nitrogens with one attached hydrogen (secondary N) is 1. The fourth-order valence-corrected chi connectivity index (χ4v) is 3.35. The summed E-state index contributed by atoms with van der Waals surface area (Å²) >= 11 is 1.48. The number of non-ortho nitro benzene ring substituents is 1. The first kappa shape index (κ1) is 13.6. The number of rotatable bonds is 2. The molecule has 1 aromatic heterocycles. The second-order valence-electron chi connectivity index (χ2n) is 4.66. The van der Waals surface area contributed by atoms with Crippen molar-refractivity contribution >= 4 is 29.2 Å². The van der Waals surface area contributed by atoms with Gasteiger partial charge in [-0.05, 0) is 5.56 Å². The van der Waals surface area contributed by atoms with Crippen LogP contribution in [0.25, 0.3) is 0 Å². The number of carbonyl (C=O) groups excluding carboxylic acids is 1. The Balaban J connectivity index is 2.01. The highest BCUT2D eigenvalue weighted by atomic mass is 32.2. The highest BCUT2D eigenvalue weighted by Gasteiger charge is 2.27. The van der Waals surface area contributed by atoms with Gasteiger partial charge in [0.05, 0.1) is 22.1 Å². The quantitative estimate of drug-likeness (QED) is 0.678. The van der Waals surface area contributed by atoms with E-state index in [1.54, 1.807) is 30.1 Å². The van der Waals surface area contributed by atoms with Crippen LogP contribution < -0.4 is 5.32 Å². The number of amides is 1. The van der Waals surface area contributed by atoms with Gasteiger partial charge in [-0.25, -0.2) is 0 Å². The molecule has 7 nitrogen and oxygen atoms in total. The minimum atomic E-state index is -0.426. The third-order valence-electron chi connectivity index (χ3n) is 3.30. The highest BCUT2D eigenvalue weighted by molar-refractivity contribution is 8.00. The zero-order valence-corrected chi connectivity index (χ0v) is 12.0. The van der Waals surface area contributed by atoms with Crippen molar-refractivity contribution in [3.05, 3.63) is 51.7 Å². The van der Waals surface area contributed by atoms with Crippen LogP contribution >= 0.6 is 11.8 Å². The number of carbonyl (C=O) groups is 1. The van der Waals surface area contributed by atoms with Gasteiger partial charge < -0.3 is 5.32 Å². The largest absolute Gasteiger partial charge is 0.310 e. The molecule has 1 N–H and O–H groups in total. The lowest BCUT2D eigenvalue weighted by Gasteiger charge is -2.13. The Bertz CT molecular complexity index is 711. The van der Waals surface area contributed by atoms with Crippen LogP contribution in [-0.2, 0) is 11.8 Å².